The first kappa shape index (κ1) is 12.3. The SMILES string of the molecule is O=C(O)c1ccnc(Oc2ccccc2Cl)c1F. The number of halogens is 2. The molecule has 4 nitrogen and oxygen atoms in total. The van der Waals surface area contributed by atoms with Crippen LogP contribution in [0.1, 0.15) is 10.4 Å². The normalized spacial score (nSPS) is 10.1. The van der Waals surface area contributed by atoms with Crippen LogP contribution in [0.2, 0.25) is 5.02 Å². The van der Waals surface area contributed by atoms with E-state index >= 15 is 0 Å². The molecule has 0 aliphatic rings. The first-order valence-corrected chi connectivity index (χ1v) is 5.27. The Morgan fingerprint density at radius 1 is 1.33 bits per heavy atom. The summed E-state index contributed by atoms with van der Waals surface area (Å²) in [5.74, 6) is -2.65. The minimum Gasteiger partial charge on any atom is -0.478 e. The fraction of sp³-hybridized carbons (Fsp3) is 0. The third kappa shape index (κ3) is 2.41. The highest BCUT2D eigenvalue weighted by Crippen LogP contribution is 2.29. The quantitative estimate of drug-likeness (QED) is 0.926. The van der Waals surface area contributed by atoms with Crippen molar-refractivity contribution >= 4 is 17.6 Å². The van der Waals surface area contributed by atoms with Crippen molar-refractivity contribution in [3.05, 3.63) is 52.9 Å². The van der Waals surface area contributed by atoms with Crippen LogP contribution in [0.5, 0.6) is 11.6 Å². The molecule has 0 amide bonds. The Hall–Kier alpha value is -2.14. The standard InChI is InChI=1S/C12H7ClFNO3/c13-8-3-1-2-4-9(8)18-11-10(14)7(12(16)17)5-6-15-11/h1-6H,(H,16,17). The lowest BCUT2D eigenvalue weighted by Gasteiger charge is -2.07. The van der Waals surface area contributed by atoms with Crippen LogP contribution >= 0.6 is 11.6 Å². The Labute approximate surface area is 107 Å². The van der Waals surface area contributed by atoms with Crippen LogP contribution in [0.3, 0.4) is 0 Å². The number of carbonyl (C=O) groups is 1. The van der Waals surface area contributed by atoms with Crippen LogP contribution in [0.25, 0.3) is 0 Å². The largest absolute Gasteiger partial charge is 0.478 e. The monoisotopic (exact) mass is 267 g/mol. The number of pyridine rings is 1. The van der Waals surface area contributed by atoms with Crippen molar-refractivity contribution < 1.29 is 19.0 Å². The lowest BCUT2D eigenvalue weighted by atomic mass is 10.2. The molecule has 0 aliphatic heterocycles. The van der Waals surface area contributed by atoms with Gasteiger partial charge in [-0.2, -0.15) is 0 Å². The maximum Gasteiger partial charge on any atom is 0.338 e. The van der Waals surface area contributed by atoms with Crippen LogP contribution in [-0.4, -0.2) is 16.1 Å². The van der Waals surface area contributed by atoms with E-state index in [-0.39, 0.29) is 10.8 Å². The van der Waals surface area contributed by atoms with Crippen LogP contribution < -0.4 is 4.74 Å². The van der Waals surface area contributed by atoms with E-state index < -0.39 is 23.2 Å². The molecule has 1 heterocycles. The minimum absolute atomic E-state index is 0.202. The molecule has 1 N–H and O–H groups in total. The van der Waals surface area contributed by atoms with Gasteiger partial charge in [-0.25, -0.2) is 14.2 Å². The number of nitrogens with zero attached hydrogens (tertiary/aromatic N) is 1. The highest BCUT2D eigenvalue weighted by molar-refractivity contribution is 6.32. The Kier molecular flexibility index (Phi) is 3.43. The Morgan fingerprint density at radius 3 is 2.72 bits per heavy atom. The summed E-state index contributed by atoms with van der Waals surface area (Å²) in [5.41, 5.74) is -0.507. The molecule has 0 aliphatic carbocycles. The molecule has 0 unspecified atom stereocenters. The van der Waals surface area contributed by atoms with Gasteiger partial charge in [0, 0.05) is 6.20 Å². The Bertz CT molecular complexity index is 604. The van der Waals surface area contributed by atoms with Gasteiger partial charge in [-0.15, -0.1) is 0 Å². The number of carboxylic acid groups (broad SMARTS) is 1. The van der Waals surface area contributed by atoms with E-state index in [1.165, 1.54) is 6.07 Å². The molecule has 2 aromatic rings. The van der Waals surface area contributed by atoms with E-state index in [1.54, 1.807) is 18.2 Å². The molecular weight excluding hydrogens is 261 g/mol. The van der Waals surface area contributed by atoms with E-state index in [0.717, 1.165) is 12.3 Å². The third-order valence-electron chi connectivity index (χ3n) is 2.13. The van der Waals surface area contributed by atoms with Gasteiger partial charge in [0.15, 0.2) is 5.82 Å². The summed E-state index contributed by atoms with van der Waals surface area (Å²) in [7, 11) is 0. The van der Waals surface area contributed by atoms with E-state index in [9.17, 15) is 9.18 Å². The summed E-state index contributed by atoms with van der Waals surface area (Å²) in [5, 5.41) is 9.04. The summed E-state index contributed by atoms with van der Waals surface area (Å²) in [6.07, 6.45) is 1.15. The highest BCUT2D eigenvalue weighted by Gasteiger charge is 2.17. The minimum atomic E-state index is -1.39. The maximum atomic E-state index is 13.7. The predicted molar refractivity (Wildman–Crippen MR) is 62.7 cm³/mol. The van der Waals surface area contributed by atoms with E-state index in [4.69, 9.17) is 21.4 Å². The molecule has 0 radical (unpaired) electrons. The number of aromatic nitrogens is 1. The highest BCUT2D eigenvalue weighted by atomic mass is 35.5. The molecule has 92 valence electrons. The fourth-order valence-electron chi connectivity index (χ4n) is 1.29. The van der Waals surface area contributed by atoms with Crippen LogP contribution in [0, 0.1) is 5.82 Å². The zero-order chi connectivity index (χ0) is 13.1. The Balaban J connectivity index is 2.39. The molecule has 2 rings (SSSR count). The van der Waals surface area contributed by atoms with Gasteiger partial charge in [-0.1, -0.05) is 23.7 Å². The number of hydrogen-bond donors (Lipinski definition) is 1. The van der Waals surface area contributed by atoms with Crippen LogP contribution in [0.15, 0.2) is 36.5 Å². The van der Waals surface area contributed by atoms with Gasteiger partial charge >= 0.3 is 5.97 Å². The van der Waals surface area contributed by atoms with Crippen LogP contribution in [0.4, 0.5) is 4.39 Å². The average Bonchev–Trinajstić information content (AvgIpc) is 2.34. The first-order chi connectivity index (χ1) is 8.59. The second kappa shape index (κ2) is 5.01. The number of rotatable bonds is 3. The second-order valence-electron chi connectivity index (χ2n) is 3.32. The number of carboxylic acids is 1. The molecule has 1 aromatic heterocycles. The van der Waals surface area contributed by atoms with Crippen molar-refractivity contribution in [2.75, 3.05) is 0 Å². The average molecular weight is 268 g/mol. The number of para-hydroxylation sites is 1. The summed E-state index contributed by atoms with van der Waals surface area (Å²) in [4.78, 5) is 14.4. The van der Waals surface area contributed by atoms with Crippen molar-refractivity contribution in [1.29, 1.82) is 0 Å². The lowest BCUT2D eigenvalue weighted by molar-refractivity contribution is 0.0690. The smallest absolute Gasteiger partial charge is 0.338 e. The van der Waals surface area contributed by atoms with E-state index in [0.29, 0.717) is 0 Å². The Morgan fingerprint density at radius 2 is 2.06 bits per heavy atom. The predicted octanol–water partition coefficient (Wildman–Crippen LogP) is 3.36. The summed E-state index contributed by atoms with van der Waals surface area (Å²) < 4.78 is 18.9. The van der Waals surface area contributed by atoms with Gasteiger partial charge in [0.05, 0.1) is 5.02 Å². The second-order valence-corrected chi connectivity index (χ2v) is 3.72. The third-order valence-corrected chi connectivity index (χ3v) is 2.44. The van der Waals surface area contributed by atoms with Crippen molar-refractivity contribution in [3.8, 4) is 11.6 Å². The lowest BCUT2D eigenvalue weighted by Crippen LogP contribution is -2.03. The topological polar surface area (TPSA) is 59.4 Å². The number of benzene rings is 1. The van der Waals surface area contributed by atoms with Gasteiger partial charge in [0.2, 0.25) is 0 Å². The molecule has 18 heavy (non-hydrogen) atoms. The molecule has 0 saturated carbocycles. The summed E-state index contributed by atoms with van der Waals surface area (Å²) >= 11 is 5.84. The van der Waals surface area contributed by atoms with Crippen LogP contribution in [-0.2, 0) is 0 Å². The first-order valence-electron chi connectivity index (χ1n) is 4.90. The molecular formula is C12H7ClFNO3. The van der Waals surface area contributed by atoms with Crippen molar-refractivity contribution in [2.24, 2.45) is 0 Å². The van der Waals surface area contributed by atoms with Crippen molar-refractivity contribution in [2.45, 2.75) is 0 Å². The van der Waals surface area contributed by atoms with Gasteiger partial charge in [-0.3, -0.25) is 0 Å². The molecule has 0 spiro atoms. The number of aromatic carboxylic acids is 1. The van der Waals surface area contributed by atoms with Gasteiger partial charge in [0.25, 0.3) is 5.88 Å². The van der Waals surface area contributed by atoms with Crippen molar-refractivity contribution in [3.63, 3.8) is 0 Å². The van der Waals surface area contributed by atoms with Crippen molar-refractivity contribution in [1.82, 2.24) is 4.98 Å². The molecule has 1 aromatic carbocycles. The molecule has 0 atom stereocenters. The molecule has 0 saturated heterocycles. The van der Waals surface area contributed by atoms with Gasteiger partial charge < -0.3 is 9.84 Å². The van der Waals surface area contributed by atoms with Gasteiger partial charge in [0.1, 0.15) is 11.3 Å². The van der Waals surface area contributed by atoms with E-state index in [2.05, 4.69) is 4.98 Å². The molecule has 0 fully saturated rings. The fourth-order valence-corrected chi connectivity index (χ4v) is 1.47. The molecule has 0 bridgehead atoms. The zero-order valence-corrected chi connectivity index (χ0v) is 9.69. The number of ether oxygens (including phenoxy) is 1. The van der Waals surface area contributed by atoms with Gasteiger partial charge in [-0.05, 0) is 18.2 Å². The zero-order valence-electron chi connectivity index (χ0n) is 8.93. The number of hydrogen-bond acceptors (Lipinski definition) is 3. The summed E-state index contributed by atoms with van der Waals surface area (Å²) in [6.45, 7) is 0. The van der Waals surface area contributed by atoms with E-state index in [1.807, 2.05) is 0 Å². The molecule has 6 heteroatoms. The summed E-state index contributed by atoms with van der Waals surface area (Å²) in [6, 6.07) is 7.48. The maximum absolute atomic E-state index is 13.7.